The van der Waals surface area contributed by atoms with Crippen molar-refractivity contribution in [1.29, 1.82) is 0 Å². The highest BCUT2D eigenvalue weighted by Crippen LogP contribution is 2.16. The monoisotopic (exact) mass is 330 g/mol. The molecule has 6 nitrogen and oxygen atoms in total. The normalized spacial score (nSPS) is 16.6. The van der Waals surface area contributed by atoms with Crippen LogP contribution in [0.2, 0.25) is 0 Å². The highest BCUT2D eigenvalue weighted by Gasteiger charge is 2.24. The summed E-state index contributed by atoms with van der Waals surface area (Å²) in [5.41, 5.74) is 0. The van der Waals surface area contributed by atoms with Gasteiger partial charge in [-0.25, -0.2) is 0 Å². The molecule has 1 aliphatic rings. The summed E-state index contributed by atoms with van der Waals surface area (Å²) in [4.78, 5) is 26.4. The summed E-state index contributed by atoms with van der Waals surface area (Å²) in [6, 6.07) is 3.33. The van der Waals surface area contributed by atoms with E-state index in [2.05, 4.69) is 20.8 Å². The van der Waals surface area contributed by atoms with Crippen LogP contribution in [0.5, 0.6) is 0 Å². The van der Waals surface area contributed by atoms with Crippen LogP contribution < -0.4 is 0 Å². The molecule has 1 saturated heterocycles. The Kier molecular flexibility index (Phi) is 4.60. The van der Waals surface area contributed by atoms with Gasteiger partial charge in [0, 0.05) is 32.7 Å². The van der Waals surface area contributed by atoms with E-state index in [1.54, 1.807) is 17.0 Å². The first-order chi connectivity index (χ1) is 9.06. The molecule has 104 valence electrons. The molecule has 1 aromatic rings. The predicted octanol–water partition coefficient (Wildman–Crippen LogP) is 1.27. The second-order valence-electron chi connectivity index (χ2n) is 4.38. The summed E-state index contributed by atoms with van der Waals surface area (Å²) < 4.78 is 5.78. The Bertz CT molecular complexity index is 466. The molecule has 7 heteroatoms. The maximum Gasteiger partial charge on any atom is 0.304 e. The number of carboxylic acids is 1. The zero-order valence-electron chi connectivity index (χ0n) is 10.3. The third-order valence-electron chi connectivity index (χ3n) is 3.09. The van der Waals surface area contributed by atoms with Crippen molar-refractivity contribution in [2.24, 2.45) is 0 Å². The zero-order chi connectivity index (χ0) is 13.8. The van der Waals surface area contributed by atoms with Crippen LogP contribution in [-0.4, -0.2) is 59.5 Å². The SMILES string of the molecule is O=C(O)CCN1CCN(C(=O)c2ccc(Br)o2)CC1. The lowest BCUT2D eigenvalue weighted by atomic mass is 10.2. The van der Waals surface area contributed by atoms with E-state index in [-0.39, 0.29) is 12.3 Å². The summed E-state index contributed by atoms with van der Waals surface area (Å²) >= 11 is 3.17. The van der Waals surface area contributed by atoms with Gasteiger partial charge in [-0.15, -0.1) is 0 Å². The van der Waals surface area contributed by atoms with Crippen molar-refractivity contribution in [2.75, 3.05) is 32.7 Å². The molecule has 0 atom stereocenters. The fraction of sp³-hybridized carbons (Fsp3) is 0.500. The Hall–Kier alpha value is -1.34. The highest BCUT2D eigenvalue weighted by atomic mass is 79.9. The van der Waals surface area contributed by atoms with Gasteiger partial charge < -0.3 is 14.4 Å². The number of rotatable bonds is 4. The lowest BCUT2D eigenvalue weighted by Gasteiger charge is -2.33. The number of carboxylic acid groups (broad SMARTS) is 1. The summed E-state index contributed by atoms with van der Waals surface area (Å²) in [6.45, 7) is 3.11. The number of carbonyl (C=O) groups excluding carboxylic acids is 1. The van der Waals surface area contributed by atoms with Gasteiger partial charge >= 0.3 is 5.97 Å². The van der Waals surface area contributed by atoms with E-state index in [4.69, 9.17) is 9.52 Å². The van der Waals surface area contributed by atoms with Crippen molar-refractivity contribution < 1.29 is 19.1 Å². The van der Waals surface area contributed by atoms with E-state index in [1.807, 2.05) is 0 Å². The van der Waals surface area contributed by atoms with Gasteiger partial charge in [0.25, 0.3) is 5.91 Å². The highest BCUT2D eigenvalue weighted by molar-refractivity contribution is 9.10. The smallest absolute Gasteiger partial charge is 0.304 e. The first-order valence-corrected chi connectivity index (χ1v) is 6.84. The molecule has 0 saturated carbocycles. The molecule has 0 radical (unpaired) electrons. The van der Waals surface area contributed by atoms with Crippen molar-refractivity contribution in [1.82, 2.24) is 9.80 Å². The molecule has 19 heavy (non-hydrogen) atoms. The Labute approximate surface area is 119 Å². The molecule has 0 spiro atoms. The lowest BCUT2D eigenvalue weighted by molar-refractivity contribution is -0.137. The minimum absolute atomic E-state index is 0.122. The molecule has 2 rings (SSSR count). The van der Waals surface area contributed by atoms with Crippen LogP contribution in [0.25, 0.3) is 0 Å². The van der Waals surface area contributed by atoms with Crippen LogP contribution in [0, 0.1) is 0 Å². The van der Waals surface area contributed by atoms with Gasteiger partial charge in [0.1, 0.15) is 0 Å². The van der Waals surface area contributed by atoms with Crippen molar-refractivity contribution in [3.05, 3.63) is 22.6 Å². The number of amides is 1. The fourth-order valence-corrected chi connectivity index (χ4v) is 2.32. The van der Waals surface area contributed by atoms with Crippen molar-refractivity contribution >= 4 is 27.8 Å². The Morgan fingerprint density at radius 3 is 2.47 bits per heavy atom. The number of hydrogen-bond donors (Lipinski definition) is 1. The first kappa shape index (κ1) is 14.1. The molecule has 1 aromatic heterocycles. The quantitative estimate of drug-likeness (QED) is 0.900. The van der Waals surface area contributed by atoms with Crippen LogP contribution in [0.15, 0.2) is 21.2 Å². The van der Waals surface area contributed by atoms with Gasteiger partial charge in [-0.2, -0.15) is 0 Å². The molecule has 0 bridgehead atoms. The van der Waals surface area contributed by atoms with E-state index in [9.17, 15) is 9.59 Å². The predicted molar refractivity (Wildman–Crippen MR) is 71.0 cm³/mol. The topological polar surface area (TPSA) is 74.0 Å². The lowest BCUT2D eigenvalue weighted by Crippen LogP contribution is -2.49. The average Bonchev–Trinajstić information content (AvgIpc) is 2.83. The van der Waals surface area contributed by atoms with Gasteiger partial charge in [-0.05, 0) is 28.1 Å². The number of hydrogen-bond acceptors (Lipinski definition) is 4. The van der Waals surface area contributed by atoms with Crippen molar-refractivity contribution in [3.63, 3.8) is 0 Å². The molecule has 2 heterocycles. The molecule has 0 aliphatic carbocycles. The fourth-order valence-electron chi connectivity index (χ4n) is 2.01. The van der Waals surface area contributed by atoms with Crippen molar-refractivity contribution in [3.8, 4) is 0 Å². The Balaban J connectivity index is 1.83. The summed E-state index contributed by atoms with van der Waals surface area (Å²) in [5, 5.41) is 8.63. The van der Waals surface area contributed by atoms with Crippen LogP contribution in [-0.2, 0) is 4.79 Å². The summed E-state index contributed by atoms with van der Waals surface area (Å²) in [6.07, 6.45) is 0.138. The summed E-state index contributed by atoms with van der Waals surface area (Å²) in [7, 11) is 0. The van der Waals surface area contributed by atoms with Crippen LogP contribution in [0.3, 0.4) is 0 Å². The number of nitrogens with zero attached hydrogens (tertiary/aromatic N) is 2. The maximum absolute atomic E-state index is 12.1. The third-order valence-corrected chi connectivity index (χ3v) is 3.51. The van der Waals surface area contributed by atoms with Gasteiger partial charge in [0.15, 0.2) is 10.4 Å². The van der Waals surface area contributed by atoms with Gasteiger partial charge in [0.2, 0.25) is 0 Å². The van der Waals surface area contributed by atoms with E-state index in [0.717, 1.165) is 0 Å². The molecular formula is C12H15BrN2O4. The molecule has 1 amide bonds. The minimum Gasteiger partial charge on any atom is -0.481 e. The standard InChI is InChI=1S/C12H15BrN2O4/c13-10-2-1-9(19-10)12(18)15-7-5-14(6-8-15)4-3-11(16)17/h1-2H,3-8H2,(H,16,17). The largest absolute Gasteiger partial charge is 0.481 e. The number of aliphatic carboxylic acids is 1. The van der Waals surface area contributed by atoms with Gasteiger partial charge in [0.05, 0.1) is 6.42 Å². The van der Waals surface area contributed by atoms with E-state index in [0.29, 0.717) is 43.2 Å². The third kappa shape index (κ3) is 3.81. The second kappa shape index (κ2) is 6.21. The molecular weight excluding hydrogens is 316 g/mol. The first-order valence-electron chi connectivity index (χ1n) is 6.05. The maximum atomic E-state index is 12.1. The van der Waals surface area contributed by atoms with Crippen LogP contribution in [0.4, 0.5) is 0 Å². The molecule has 1 aliphatic heterocycles. The number of piperazine rings is 1. The molecule has 0 unspecified atom stereocenters. The zero-order valence-corrected chi connectivity index (χ0v) is 11.9. The molecule has 1 fully saturated rings. The molecule has 1 N–H and O–H groups in total. The molecule has 0 aromatic carbocycles. The van der Waals surface area contributed by atoms with Crippen LogP contribution in [0.1, 0.15) is 17.0 Å². The number of halogens is 1. The van der Waals surface area contributed by atoms with E-state index < -0.39 is 5.97 Å². The van der Waals surface area contributed by atoms with E-state index in [1.165, 1.54) is 0 Å². The average molecular weight is 331 g/mol. The minimum atomic E-state index is -0.793. The number of carbonyl (C=O) groups is 2. The number of furan rings is 1. The van der Waals surface area contributed by atoms with Crippen molar-refractivity contribution in [2.45, 2.75) is 6.42 Å². The van der Waals surface area contributed by atoms with E-state index >= 15 is 0 Å². The Morgan fingerprint density at radius 2 is 1.95 bits per heavy atom. The van der Waals surface area contributed by atoms with Crippen LogP contribution >= 0.6 is 15.9 Å². The summed E-state index contributed by atoms with van der Waals surface area (Å²) in [5.74, 6) is -0.589. The van der Waals surface area contributed by atoms with Gasteiger partial charge in [-0.1, -0.05) is 0 Å². The van der Waals surface area contributed by atoms with Gasteiger partial charge in [-0.3, -0.25) is 14.5 Å². The second-order valence-corrected chi connectivity index (χ2v) is 5.16. The Morgan fingerprint density at radius 1 is 1.26 bits per heavy atom.